The summed E-state index contributed by atoms with van der Waals surface area (Å²) < 4.78 is 16.1. The van der Waals surface area contributed by atoms with Gasteiger partial charge in [0.25, 0.3) is 0 Å². The molecule has 0 heterocycles. The van der Waals surface area contributed by atoms with Gasteiger partial charge in [-0.1, -0.05) is 0 Å². The van der Waals surface area contributed by atoms with Crippen LogP contribution in [0.2, 0.25) is 0 Å². The molecule has 0 aliphatic carbocycles. The van der Waals surface area contributed by atoms with Crippen LogP contribution in [0.15, 0.2) is 0 Å². The van der Waals surface area contributed by atoms with Crippen LogP contribution in [0.25, 0.3) is 0 Å². The van der Waals surface area contributed by atoms with E-state index in [1.54, 1.807) is 42.1 Å². The van der Waals surface area contributed by atoms with Crippen molar-refractivity contribution in [3.05, 3.63) is 0 Å². The van der Waals surface area contributed by atoms with Gasteiger partial charge in [0, 0.05) is 44.8 Å². The average molecular weight is 518 g/mol. The van der Waals surface area contributed by atoms with Gasteiger partial charge in [-0.3, -0.25) is 0 Å². The molecular weight excluding hydrogens is 511 g/mol. The van der Waals surface area contributed by atoms with Crippen LogP contribution in [0.5, 0.6) is 0 Å². The summed E-state index contributed by atoms with van der Waals surface area (Å²) in [4.78, 5) is 0. The Morgan fingerprint density at radius 1 is 0.556 bits per heavy atom. The summed E-state index contributed by atoms with van der Waals surface area (Å²) in [6.07, 6.45) is 0. The SMILES string of the molecule is O.O.O.[Ag].[Ag].[O]=[Ag].[O]=[Ag]. The van der Waals surface area contributed by atoms with Gasteiger partial charge in [-0.15, -0.1) is 0 Å². The summed E-state index contributed by atoms with van der Waals surface area (Å²) in [5, 5.41) is 0. The van der Waals surface area contributed by atoms with E-state index in [0.717, 1.165) is 0 Å². The first-order valence-electron chi connectivity index (χ1n) is 0.246. The molecule has 0 saturated carbocycles. The van der Waals surface area contributed by atoms with Gasteiger partial charge < -0.3 is 16.4 Å². The molecule has 5 nitrogen and oxygen atoms in total. The Labute approximate surface area is 108 Å². The second kappa shape index (κ2) is 156. The topological polar surface area (TPSA) is 129 Å². The van der Waals surface area contributed by atoms with Gasteiger partial charge in [-0.2, -0.15) is 0 Å². The summed E-state index contributed by atoms with van der Waals surface area (Å²) in [5.74, 6) is 0. The van der Waals surface area contributed by atoms with Gasteiger partial charge in [-0.25, -0.2) is 0 Å². The molecule has 0 bridgehead atoms. The fourth-order valence-electron chi connectivity index (χ4n) is 0. The molecule has 0 saturated heterocycles. The molecule has 0 fully saturated rings. The van der Waals surface area contributed by atoms with Gasteiger partial charge in [0.2, 0.25) is 0 Å². The molecule has 80 valence electrons. The molecule has 0 aliphatic rings. The Kier molecular flexibility index (Phi) is 1100. The standard InChI is InChI=1S/4Ag.3H2O.2O/h;;;;3*1H2;;. The molecule has 2 radical (unpaired) electrons. The molecule has 0 spiro atoms. The quantitative estimate of drug-likeness (QED) is 0.324. The van der Waals surface area contributed by atoms with Crippen LogP contribution in [0.1, 0.15) is 0 Å². The number of hydrogen-bond acceptors (Lipinski definition) is 2. The van der Waals surface area contributed by atoms with Crippen LogP contribution in [0.4, 0.5) is 0 Å². The predicted molar refractivity (Wildman–Crippen MR) is 12.2 cm³/mol. The zero-order valence-electron chi connectivity index (χ0n) is 3.52. The van der Waals surface area contributed by atoms with Gasteiger partial charge in [0.1, 0.15) is 0 Å². The minimum atomic E-state index is 0. The molecule has 0 aromatic heterocycles. The molecule has 0 amide bonds. The Balaban J connectivity index is -0.00000000114. The van der Waals surface area contributed by atoms with Gasteiger partial charge >= 0.3 is 48.6 Å². The first kappa shape index (κ1) is 63.2. The van der Waals surface area contributed by atoms with E-state index in [-0.39, 0.29) is 61.2 Å². The van der Waals surface area contributed by atoms with E-state index in [2.05, 4.69) is 0 Å². The van der Waals surface area contributed by atoms with E-state index in [0.29, 0.717) is 0 Å². The fourth-order valence-corrected chi connectivity index (χ4v) is 0. The maximum absolute atomic E-state index is 8.06. The molecule has 0 aliphatic heterocycles. The van der Waals surface area contributed by atoms with Crippen molar-refractivity contribution in [3.8, 4) is 0 Å². The Morgan fingerprint density at radius 2 is 0.556 bits per heavy atom. The van der Waals surface area contributed by atoms with Crippen LogP contribution >= 0.6 is 0 Å². The van der Waals surface area contributed by atoms with Crippen molar-refractivity contribution in [1.82, 2.24) is 0 Å². The van der Waals surface area contributed by atoms with Crippen molar-refractivity contribution in [3.63, 3.8) is 0 Å². The van der Waals surface area contributed by atoms with Crippen LogP contribution < -0.4 is 0 Å². The number of hydrogen-bond donors (Lipinski definition) is 0. The minimum absolute atomic E-state index is 0. The molecule has 6 N–H and O–H groups in total. The average Bonchev–Trinajstić information content (AvgIpc) is 1.50. The van der Waals surface area contributed by atoms with Crippen molar-refractivity contribution in [2.45, 2.75) is 0 Å². The van der Waals surface area contributed by atoms with E-state index in [1.165, 1.54) is 0 Å². The maximum atomic E-state index is 8.06. The third-order valence-electron chi connectivity index (χ3n) is 0. The monoisotopic (exact) mass is 514 g/mol. The third-order valence-corrected chi connectivity index (χ3v) is 0. The first-order chi connectivity index (χ1) is 2.00. The molecular formula is H6Ag4O5. The van der Waals surface area contributed by atoms with Crippen LogP contribution in [-0.2, 0) is 93.3 Å². The second-order valence-electron chi connectivity index (χ2n) is 0. The van der Waals surface area contributed by atoms with E-state index in [1.807, 2.05) is 0 Å². The Morgan fingerprint density at radius 3 is 0.556 bits per heavy atom. The fraction of sp³-hybridized carbons (Fsp3) is 0. The molecule has 0 rings (SSSR count). The molecule has 9 heteroatoms. The zero-order chi connectivity index (χ0) is 4.00. The van der Waals surface area contributed by atoms with Gasteiger partial charge in [0.05, 0.1) is 0 Å². The van der Waals surface area contributed by atoms with Gasteiger partial charge in [0.15, 0.2) is 0 Å². The normalized spacial score (nSPS) is 1.33. The van der Waals surface area contributed by atoms with Gasteiger partial charge in [-0.05, 0) is 0 Å². The summed E-state index contributed by atoms with van der Waals surface area (Å²) in [6, 6.07) is 0. The van der Waals surface area contributed by atoms with Crippen molar-refractivity contribution >= 4 is 0 Å². The van der Waals surface area contributed by atoms with E-state index in [9.17, 15) is 0 Å². The molecule has 9 heavy (non-hydrogen) atoms. The van der Waals surface area contributed by atoms with E-state index in [4.69, 9.17) is 6.50 Å². The van der Waals surface area contributed by atoms with Crippen LogP contribution in [0.3, 0.4) is 0 Å². The van der Waals surface area contributed by atoms with Crippen molar-refractivity contribution in [2.75, 3.05) is 0 Å². The predicted octanol–water partition coefficient (Wildman–Crippen LogP) is -2.72. The summed E-state index contributed by atoms with van der Waals surface area (Å²) in [7, 11) is 0. The van der Waals surface area contributed by atoms with Crippen LogP contribution in [-0.4, -0.2) is 16.4 Å². The first-order valence-corrected chi connectivity index (χ1v) is 1.46. The summed E-state index contributed by atoms with van der Waals surface area (Å²) in [6.45, 7) is 0. The third kappa shape index (κ3) is 125. The molecule has 0 unspecified atom stereocenters. The Bertz CT molecular complexity index is 10.9. The van der Waals surface area contributed by atoms with Crippen molar-refractivity contribution < 1.29 is 110 Å². The van der Waals surface area contributed by atoms with Crippen LogP contribution in [0, 0.1) is 0 Å². The molecule has 0 aromatic rings. The summed E-state index contributed by atoms with van der Waals surface area (Å²) in [5.41, 5.74) is 0. The second-order valence-corrected chi connectivity index (χ2v) is 0. The Hall–Kier alpha value is 2.44. The van der Waals surface area contributed by atoms with E-state index < -0.39 is 0 Å². The number of rotatable bonds is 0. The van der Waals surface area contributed by atoms with Crippen molar-refractivity contribution in [2.24, 2.45) is 0 Å². The summed E-state index contributed by atoms with van der Waals surface area (Å²) >= 11 is 3.40. The molecule has 0 aromatic carbocycles. The zero-order valence-corrected chi connectivity index (χ0v) is 9.45. The van der Waals surface area contributed by atoms with Crippen molar-refractivity contribution in [1.29, 1.82) is 0 Å². The van der Waals surface area contributed by atoms with E-state index >= 15 is 0 Å². The molecule has 0 atom stereocenters.